The largest absolute Gasteiger partial charge is 0.465 e. The summed E-state index contributed by atoms with van der Waals surface area (Å²) >= 11 is 5.74. The molecule has 0 atom stereocenters. The summed E-state index contributed by atoms with van der Waals surface area (Å²) in [6.45, 7) is 0. The normalized spacial score (nSPS) is 10.0. The van der Waals surface area contributed by atoms with Crippen LogP contribution in [0.1, 0.15) is 27.1 Å². The molecule has 0 aliphatic rings. The van der Waals surface area contributed by atoms with Crippen LogP contribution in [-0.4, -0.2) is 30.6 Å². The lowest BCUT2D eigenvalue weighted by molar-refractivity contribution is -0.134. The van der Waals surface area contributed by atoms with Crippen LogP contribution in [0.5, 0.6) is 0 Å². The van der Waals surface area contributed by atoms with Crippen molar-refractivity contribution in [1.82, 2.24) is 0 Å². The summed E-state index contributed by atoms with van der Waals surface area (Å²) in [6, 6.07) is 12.1. The number of nitrogens with one attached hydrogen (secondary N) is 1. The summed E-state index contributed by atoms with van der Waals surface area (Å²) in [5, 5.41) is 2.79. The number of hydrogen-bond donors (Lipinski definition) is 1. The first-order chi connectivity index (χ1) is 11.9. The number of carbonyl (C=O) groups is 4. The van der Waals surface area contributed by atoms with Crippen LogP contribution >= 0.6 is 11.6 Å². The number of methoxy groups -OCH3 is 1. The fraction of sp³-hybridized carbons (Fsp3) is 0.111. The Bertz CT molecular complexity index is 830. The summed E-state index contributed by atoms with van der Waals surface area (Å²) in [7, 11) is 1.21. The number of para-hydroxylation sites is 1. The quantitative estimate of drug-likeness (QED) is 0.371. The van der Waals surface area contributed by atoms with Gasteiger partial charge in [0.15, 0.2) is 5.78 Å². The Balaban J connectivity index is 2.06. The zero-order chi connectivity index (χ0) is 18.4. The molecule has 0 aliphatic carbocycles. The van der Waals surface area contributed by atoms with Crippen LogP contribution < -0.4 is 5.32 Å². The number of ether oxygens (including phenoxy) is 1. The first-order valence-electron chi connectivity index (χ1n) is 7.22. The highest BCUT2D eigenvalue weighted by Crippen LogP contribution is 2.16. The van der Waals surface area contributed by atoms with E-state index in [1.54, 1.807) is 12.1 Å². The van der Waals surface area contributed by atoms with Gasteiger partial charge < -0.3 is 10.1 Å². The number of benzene rings is 2. The number of hydrogen-bond acceptors (Lipinski definition) is 5. The van der Waals surface area contributed by atoms with E-state index < -0.39 is 29.9 Å². The van der Waals surface area contributed by atoms with Crippen molar-refractivity contribution >= 4 is 40.7 Å². The second-order valence-corrected chi connectivity index (χ2v) is 5.46. The van der Waals surface area contributed by atoms with E-state index in [4.69, 9.17) is 11.6 Å². The molecular formula is C18H14ClNO5. The molecule has 2 rings (SSSR count). The SMILES string of the molecule is COC(=O)c1ccccc1NC(=O)C(=O)CC(=O)c1ccc(Cl)cc1. The first kappa shape index (κ1) is 18.4. The lowest BCUT2D eigenvalue weighted by atomic mass is 10.1. The maximum atomic E-state index is 12.0. The number of anilines is 1. The number of halogens is 1. The van der Waals surface area contributed by atoms with Gasteiger partial charge in [-0.15, -0.1) is 0 Å². The molecule has 0 bridgehead atoms. The molecular weight excluding hydrogens is 346 g/mol. The van der Waals surface area contributed by atoms with Gasteiger partial charge >= 0.3 is 5.97 Å². The second kappa shape index (κ2) is 8.21. The summed E-state index contributed by atoms with van der Waals surface area (Å²) in [5.74, 6) is -3.06. The Hall–Kier alpha value is -2.99. The Morgan fingerprint density at radius 2 is 1.64 bits per heavy atom. The minimum absolute atomic E-state index is 0.107. The third kappa shape index (κ3) is 4.74. The van der Waals surface area contributed by atoms with E-state index in [1.165, 1.54) is 43.5 Å². The average molecular weight is 360 g/mol. The summed E-state index contributed by atoms with van der Waals surface area (Å²) in [5.41, 5.74) is 0.516. The summed E-state index contributed by atoms with van der Waals surface area (Å²) < 4.78 is 4.61. The van der Waals surface area contributed by atoms with E-state index in [-0.39, 0.29) is 16.8 Å². The van der Waals surface area contributed by atoms with Crippen molar-refractivity contribution in [3.8, 4) is 0 Å². The molecule has 0 aromatic heterocycles. The van der Waals surface area contributed by atoms with Gasteiger partial charge in [0.25, 0.3) is 5.91 Å². The molecule has 2 aromatic rings. The standard InChI is InChI=1S/C18H14ClNO5/c1-25-18(24)13-4-2-3-5-14(13)20-17(23)16(22)10-15(21)11-6-8-12(19)9-7-11/h2-9H,10H2,1H3,(H,20,23). The smallest absolute Gasteiger partial charge is 0.339 e. The molecule has 0 unspecified atom stereocenters. The second-order valence-electron chi connectivity index (χ2n) is 5.02. The van der Waals surface area contributed by atoms with Gasteiger partial charge in [0.2, 0.25) is 5.78 Å². The molecule has 0 radical (unpaired) electrons. The molecule has 1 amide bonds. The molecule has 0 fully saturated rings. The highest BCUT2D eigenvalue weighted by Gasteiger charge is 2.21. The topological polar surface area (TPSA) is 89.5 Å². The van der Waals surface area contributed by atoms with Crippen LogP contribution in [0.2, 0.25) is 5.02 Å². The molecule has 0 spiro atoms. The summed E-state index contributed by atoms with van der Waals surface area (Å²) in [4.78, 5) is 47.7. The molecule has 1 N–H and O–H groups in total. The Kier molecular flexibility index (Phi) is 6.03. The highest BCUT2D eigenvalue weighted by atomic mass is 35.5. The van der Waals surface area contributed by atoms with E-state index >= 15 is 0 Å². The van der Waals surface area contributed by atoms with Crippen LogP contribution in [0, 0.1) is 0 Å². The van der Waals surface area contributed by atoms with E-state index in [2.05, 4.69) is 10.1 Å². The van der Waals surface area contributed by atoms with Gasteiger partial charge in [-0.2, -0.15) is 0 Å². The fourth-order valence-electron chi connectivity index (χ4n) is 2.04. The van der Waals surface area contributed by atoms with E-state index in [0.29, 0.717) is 5.02 Å². The van der Waals surface area contributed by atoms with Crippen LogP contribution in [0.25, 0.3) is 0 Å². The number of amides is 1. The van der Waals surface area contributed by atoms with Gasteiger partial charge in [-0.1, -0.05) is 23.7 Å². The van der Waals surface area contributed by atoms with Crippen LogP contribution in [-0.2, 0) is 14.3 Å². The fourth-order valence-corrected chi connectivity index (χ4v) is 2.16. The molecule has 6 nitrogen and oxygen atoms in total. The maximum Gasteiger partial charge on any atom is 0.339 e. The van der Waals surface area contributed by atoms with Gasteiger partial charge in [-0.3, -0.25) is 14.4 Å². The number of rotatable bonds is 6. The summed E-state index contributed by atoms with van der Waals surface area (Å²) in [6.07, 6.45) is -0.589. The van der Waals surface area contributed by atoms with E-state index in [1.807, 2.05) is 0 Å². The van der Waals surface area contributed by atoms with Crippen molar-refractivity contribution in [3.05, 3.63) is 64.7 Å². The van der Waals surface area contributed by atoms with Crippen molar-refractivity contribution in [3.63, 3.8) is 0 Å². The van der Waals surface area contributed by atoms with Gasteiger partial charge in [0, 0.05) is 10.6 Å². The molecule has 7 heteroatoms. The number of Topliss-reactive ketones (excluding diaryl/α,β-unsaturated/α-hetero) is 2. The minimum atomic E-state index is -0.987. The molecule has 2 aromatic carbocycles. The van der Waals surface area contributed by atoms with E-state index in [9.17, 15) is 19.2 Å². The van der Waals surface area contributed by atoms with Gasteiger partial charge in [-0.25, -0.2) is 4.79 Å². The molecule has 25 heavy (non-hydrogen) atoms. The third-order valence-electron chi connectivity index (χ3n) is 3.32. The number of ketones is 2. The lowest BCUT2D eigenvalue weighted by Gasteiger charge is -2.09. The Labute approximate surface area is 148 Å². The molecule has 0 saturated heterocycles. The predicted molar refractivity (Wildman–Crippen MR) is 91.8 cm³/mol. The van der Waals surface area contributed by atoms with Crippen LogP contribution in [0.15, 0.2) is 48.5 Å². The minimum Gasteiger partial charge on any atom is -0.465 e. The molecule has 0 heterocycles. The number of esters is 1. The van der Waals surface area contributed by atoms with Crippen molar-refractivity contribution in [2.45, 2.75) is 6.42 Å². The molecule has 128 valence electrons. The zero-order valence-corrected chi connectivity index (χ0v) is 14.0. The maximum absolute atomic E-state index is 12.0. The van der Waals surface area contributed by atoms with Crippen LogP contribution in [0.3, 0.4) is 0 Å². The van der Waals surface area contributed by atoms with Crippen molar-refractivity contribution in [2.75, 3.05) is 12.4 Å². The number of carbonyl (C=O) groups excluding carboxylic acids is 4. The monoisotopic (exact) mass is 359 g/mol. The third-order valence-corrected chi connectivity index (χ3v) is 3.57. The van der Waals surface area contributed by atoms with Crippen molar-refractivity contribution in [2.24, 2.45) is 0 Å². The lowest BCUT2D eigenvalue weighted by Crippen LogP contribution is -2.26. The molecule has 0 aliphatic heterocycles. The van der Waals surface area contributed by atoms with Gasteiger partial charge in [-0.05, 0) is 36.4 Å². The molecule has 0 saturated carbocycles. The van der Waals surface area contributed by atoms with Gasteiger partial charge in [0.1, 0.15) is 0 Å². The van der Waals surface area contributed by atoms with Gasteiger partial charge in [0.05, 0.1) is 24.8 Å². The van der Waals surface area contributed by atoms with Crippen molar-refractivity contribution in [1.29, 1.82) is 0 Å². The Morgan fingerprint density at radius 3 is 2.28 bits per heavy atom. The average Bonchev–Trinajstić information content (AvgIpc) is 2.61. The first-order valence-corrected chi connectivity index (χ1v) is 7.60. The van der Waals surface area contributed by atoms with E-state index in [0.717, 1.165) is 0 Å². The Morgan fingerprint density at radius 1 is 1.00 bits per heavy atom. The van der Waals surface area contributed by atoms with Crippen LogP contribution in [0.4, 0.5) is 5.69 Å². The zero-order valence-electron chi connectivity index (χ0n) is 13.2. The predicted octanol–water partition coefficient (Wildman–Crippen LogP) is 2.91. The van der Waals surface area contributed by atoms with Crippen molar-refractivity contribution < 1.29 is 23.9 Å². The highest BCUT2D eigenvalue weighted by molar-refractivity contribution is 6.44.